The fourth-order valence-corrected chi connectivity index (χ4v) is 3.18. The lowest BCUT2D eigenvalue weighted by Crippen LogP contribution is -2.49. The van der Waals surface area contributed by atoms with Crippen LogP contribution in [0.3, 0.4) is 0 Å². The minimum Gasteiger partial charge on any atom is -0.352 e. The fraction of sp³-hybridized carbons (Fsp3) is 0.389. The van der Waals surface area contributed by atoms with E-state index in [1.54, 1.807) is 0 Å². The van der Waals surface area contributed by atoms with E-state index < -0.39 is 0 Å². The summed E-state index contributed by atoms with van der Waals surface area (Å²) in [7, 11) is 0. The van der Waals surface area contributed by atoms with Gasteiger partial charge in [0, 0.05) is 36.3 Å². The molecule has 1 aliphatic rings. The third-order valence-electron chi connectivity index (χ3n) is 4.35. The van der Waals surface area contributed by atoms with Gasteiger partial charge in [0.2, 0.25) is 5.91 Å². The van der Waals surface area contributed by atoms with E-state index in [9.17, 15) is 9.18 Å². The van der Waals surface area contributed by atoms with Crippen molar-refractivity contribution in [3.8, 4) is 0 Å². The molecule has 1 amide bonds. The minimum absolute atomic E-state index is 0.0535. The summed E-state index contributed by atoms with van der Waals surface area (Å²) in [4.78, 5) is 24.2. The highest BCUT2D eigenvalue weighted by Crippen LogP contribution is 2.20. The molecule has 138 valence electrons. The molecule has 1 fully saturated rings. The first-order valence-electron chi connectivity index (χ1n) is 8.59. The predicted molar refractivity (Wildman–Crippen MR) is 103 cm³/mol. The van der Waals surface area contributed by atoms with Gasteiger partial charge < -0.3 is 10.2 Å². The van der Waals surface area contributed by atoms with Gasteiger partial charge in [-0.15, -0.1) is 0 Å². The van der Waals surface area contributed by atoms with E-state index in [0.717, 1.165) is 10.2 Å². The standard InChI is InChI=1S/C18H21BrFN5O/c1-2-15-17(20)18(22-12-21-15)25-9-7-24(8-10-25)11-16(26)23-14-5-3-13(19)4-6-14/h3-6,12H,2,7-11H2,1H3,(H,23,26). The Morgan fingerprint density at radius 3 is 2.54 bits per heavy atom. The van der Waals surface area contributed by atoms with E-state index in [2.05, 4.69) is 36.1 Å². The number of halogens is 2. The highest BCUT2D eigenvalue weighted by Gasteiger charge is 2.23. The monoisotopic (exact) mass is 421 g/mol. The van der Waals surface area contributed by atoms with Crippen LogP contribution in [-0.4, -0.2) is 53.5 Å². The maximum atomic E-state index is 14.4. The molecule has 1 N–H and O–H groups in total. The van der Waals surface area contributed by atoms with Gasteiger partial charge in [-0.05, 0) is 30.7 Å². The van der Waals surface area contributed by atoms with Crippen molar-refractivity contribution in [3.05, 3.63) is 46.6 Å². The number of piperazine rings is 1. The second-order valence-corrected chi connectivity index (χ2v) is 7.05. The molecule has 2 aromatic rings. The molecule has 0 aliphatic carbocycles. The van der Waals surface area contributed by atoms with Gasteiger partial charge in [0.15, 0.2) is 11.6 Å². The molecule has 1 aromatic carbocycles. The van der Waals surface area contributed by atoms with E-state index in [0.29, 0.717) is 50.7 Å². The van der Waals surface area contributed by atoms with Gasteiger partial charge in [0.25, 0.3) is 0 Å². The summed E-state index contributed by atoms with van der Waals surface area (Å²) in [6, 6.07) is 7.47. The third-order valence-corrected chi connectivity index (χ3v) is 4.87. The van der Waals surface area contributed by atoms with Gasteiger partial charge in [-0.3, -0.25) is 9.69 Å². The van der Waals surface area contributed by atoms with Gasteiger partial charge >= 0.3 is 0 Å². The number of anilines is 2. The number of hydrogen-bond acceptors (Lipinski definition) is 5. The van der Waals surface area contributed by atoms with Crippen LogP contribution in [0.2, 0.25) is 0 Å². The van der Waals surface area contributed by atoms with Crippen LogP contribution in [0.4, 0.5) is 15.9 Å². The van der Waals surface area contributed by atoms with Crippen molar-refractivity contribution in [2.24, 2.45) is 0 Å². The van der Waals surface area contributed by atoms with Crippen LogP contribution < -0.4 is 10.2 Å². The quantitative estimate of drug-likeness (QED) is 0.803. The number of hydrogen-bond donors (Lipinski definition) is 1. The second-order valence-electron chi connectivity index (χ2n) is 6.13. The Hall–Kier alpha value is -2.06. The summed E-state index contributed by atoms with van der Waals surface area (Å²) in [5.74, 6) is -0.0329. The molecule has 1 aliphatic heterocycles. The number of carbonyl (C=O) groups is 1. The van der Waals surface area contributed by atoms with Crippen molar-refractivity contribution < 1.29 is 9.18 Å². The molecule has 2 heterocycles. The first-order valence-corrected chi connectivity index (χ1v) is 9.38. The number of amides is 1. The number of nitrogens with one attached hydrogen (secondary N) is 1. The second kappa shape index (κ2) is 8.55. The van der Waals surface area contributed by atoms with Crippen molar-refractivity contribution in [2.45, 2.75) is 13.3 Å². The molecule has 1 saturated heterocycles. The molecule has 8 heteroatoms. The lowest BCUT2D eigenvalue weighted by Gasteiger charge is -2.35. The molecule has 6 nitrogen and oxygen atoms in total. The molecule has 0 atom stereocenters. The van der Waals surface area contributed by atoms with Crippen LogP contribution in [-0.2, 0) is 11.2 Å². The van der Waals surface area contributed by atoms with Crippen LogP contribution in [0.5, 0.6) is 0 Å². The molecule has 0 spiro atoms. The maximum absolute atomic E-state index is 14.4. The predicted octanol–water partition coefficient (Wildman–Crippen LogP) is 2.70. The molecule has 3 rings (SSSR count). The van der Waals surface area contributed by atoms with Gasteiger partial charge in [-0.1, -0.05) is 22.9 Å². The van der Waals surface area contributed by atoms with Crippen LogP contribution in [0, 0.1) is 5.82 Å². The molecular formula is C18H21BrFN5O. The van der Waals surface area contributed by atoms with Crippen LogP contribution in [0.15, 0.2) is 35.1 Å². The van der Waals surface area contributed by atoms with Crippen LogP contribution in [0.25, 0.3) is 0 Å². The van der Waals surface area contributed by atoms with E-state index >= 15 is 0 Å². The molecule has 0 bridgehead atoms. The zero-order valence-electron chi connectivity index (χ0n) is 14.6. The fourth-order valence-electron chi connectivity index (χ4n) is 2.92. The van der Waals surface area contributed by atoms with Crippen molar-refractivity contribution in [1.29, 1.82) is 0 Å². The minimum atomic E-state index is -0.337. The Labute approximate surface area is 160 Å². The Balaban J connectivity index is 1.52. The highest BCUT2D eigenvalue weighted by atomic mass is 79.9. The first kappa shape index (κ1) is 18.7. The van der Waals surface area contributed by atoms with E-state index in [4.69, 9.17) is 0 Å². The van der Waals surface area contributed by atoms with Crippen LogP contribution >= 0.6 is 15.9 Å². The molecule has 26 heavy (non-hydrogen) atoms. The number of aromatic nitrogens is 2. The van der Waals surface area contributed by atoms with Crippen molar-refractivity contribution >= 4 is 33.3 Å². The largest absolute Gasteiger partial charge is 0.352 e. The summed E-state index contributed by atoms with van der Waals surface area (Å²) >= 11 is 3.37. The lowest BCUT2D eigenvalue weighted by atomic mass is 10.2. The first-order chi connectivity index (χ1) is 12.6. The number of rotatable bonds is 5. The molecule has 0 unspecified atom stereocenters. The summed E-state index contributed by atoms with van der Waals surface area (Å²) in [6.07, 6.45) is 1.95. The molecule has 0 radical (unpaired) electrons. The van der Waals surface area contributed by atoms with E-state index in [1.165, 1.54) is 6.33 Å². The number of benzene rings is 1. The average Bonchev–Trinajstić information content (AvgIpc) is 2.64. The van der Waals surface area contributed by atoms with Crippen molar-refractivity contribution in [1.82, 2.24) is 14.9 Å². The Bertz CT molecular complexity index is 763. The van der Waals surface area contributed by atoms with E-state index in [-0.39, 0.29) is 11.7 Å². The summed E-state index contributed by atoms with van der Waals surface area (Å²) in [6.45, 7) is 4.80. The molecule has 1 aromatic heterocycles. The highest BCUT2D eigenvalue weighted by molar-refractivity contribution is 9.10. The van der Waals surface area contributed by atoms with Gasteiger partial charge in [-0.2, -0.15) is 0 Å². The molecular weight excluding hydrogens is 401 g/mol. The van der Waals surface area contributed by atoms with Gasteiger partial charge in [-0.25, -0.2) is 14.4 Å². The van der Waals surface area contributed by atoms with Gasteiger partial charge in [0.05, 0.1) is 12.2 Å². The Morgan fingerprint density at radius 2 is 1.88 bits per heavy atom. The zero-order chi connectivity index (χ0) is 18.5. The zero-order valence-corrected chi connectivity index (χ0v) is 16.2. The average molecular weight is 422 g/mol. The third kappa shape index (κ3) is 4.56. The summed E-state index contributed by atoms with van der Waals surface area (Å²) < 4.78 is 15.4. The maximum Gasteiger partial charge on any atom is 0.238 e. The number of carbonyl (C=O) groups excluding carboxylic acids is 1. The Morgan fingerprint density at radius 1 is 1.19 bits per heavy atom. The molecule has 0 saturated carbocycles. The smallest absolute Gasteiger partial charge is 0.238 e. The number of nitrogens with zero attached hydrogens (tertiary/aromatic N) is 4. The summed E-state index contributed by atoms with van der Waals surface area (Å²) in [5, 5.41) is 2.89. The lowest BCUT2D eigenvalue weighted by molar-refractivity contribution is -0.117. The number of aryl methyl sites for hydroxylation is 1. The van der Waals surface area contributed by atoms with Crippen molar-refractivity contribution in [2.75, 3.05) is 42.9 Å². The SMILES string of the molecule is CCc1ncnc(N2CCN(CC(=O)Nc3ccc(Br)cc3)CC2)c1F. The topological polar surface area (TPSA) is 61.4 Å². The van der Waals surface area contributed by atoms with Crippen LogP contribution in [0.1, 0.15) is 12.6 Å². The van der Waals surface area contributed by atoms with Gasteiger partial charge in [0.1, 0.15) is 6.33 Å². The Kier molecular flexibility index (Phi) is 6.16. The normalized spacial score (nSPS) is 15.1. The van der Waals surface area contributed by atoms with E-state index in [1.807, 2.05) is 36.1 Å². The summed E-state index contributed by atoms with van der Waals surface area (Å²) in [5.41, 5.74) is 1.21. The van der Waals surface area contributed by atoms with Crippen molar-refractivity contribution in [3.63, 3.8) is 0 Å².